The van der Waals surface area contributed by atoms with E-state index < -0.39 is 39.7 Å². The number of hydrogen-bond acceptors (Lipinski definition) is 6. The van der Waals surface area contributed by atoms with Gasteiger partial charge in [-0.3, -0.25) is 25.3 Å². The number of urea groups is 1. The molecule has 15 heteroatoms. The van der Waals surface area contributed by atoms with E-state index in [0.717, 1.165) is 18.2 Å². The Morgan fingerprint density at radius 1 is 1.05 bits per heavy atom. The molecule has 0 bridgehead atoms. The lowest BCUT2D eigenvalue weighted by Crippen LogP contribution is -2.49. The van der Waals surface area contributed by atoms with E-state index in [1.807, 2.05) is 0 Å². The summed E-state index contributed by atoms with van der Waals surface area (Å²) in [4.78, 5) is 38.7. The fourth-order valence-electron chi connectivity index (χ4n) is 3.37. The third kappa shape index (κ3) is 7.09. The van der Waals surface area contributed by atoms with Crippen LogP contribution in [0.4, 0.5) is 28.0 Å². The summed E-state index contributed by atoms with van der Waals surface area (Å²) in [7, 11) is -1.85. The maximum Gasteiger partial charge on any atom is 0.472 e. The van der Waals surface area contributed by atoms with Gasteiger partial charge in [0.25, 0.3) is 5.91 Å². The molecule has 3 rings (SSSR count). The van der Waals surface area contributed by atoms with Crippen LogP contribution in [-0.2, 0) is 21.2 Å². The molecule has 2 aromatic rings. The van der Waals surface area contributed by atoms with Gasteiger partial charge in [-0.1, -0.05) is 12.1 Å². The minimum atomic E-state index is -5.23. The minimum absolute atomic E-state index is 0.0447. The number of carbonyl (C=O) groups is 3. The summed E-state index contributed by atoms with van der Waals surface area (Å²) < 4.78 is 80.5. The average Bonchev–Trinajstić information content (AvgIpc) is 2.85. The molecule has 0 aliphatic carbocycles. The summed E-state index contributed by atoms with van der Waals surface area (Å²) in [6.07, 6.45) is -5.23. The van der Waals surface area contributed by atoms with Crippen LogP contribution in [-0.4, -0.2) is 69.0 Å². The number of sulfone groups is 1. The summed E-state index contributed by atoms with van der Waals surface area (Å²) in [5.41, 5.74) is 2.62. The quantitative estimate of drug-likeness (QED) is 0.437. The average molecular weight is 546 g/mol. The van der Waals surface area contributed by atoms with Crippen LogP contribution in [0.5, 0.6) is 5.75 Å². The first-order valence-electron chi connectivity index (χ1n) is 10.7. The zero-order valence-corrected chi connectivity index (χ0v) is 20.2. The number of alkyl halides is 3. The number of amides is 4. The SMILES string of the molecule is COc1cccc(N(Cc2ccc(C(=O)NNC(=O)C(F)(F)F)cc2F)C(=O)N2CCS(=O)(=O)CC2)c1. The maximum absolute atomic E-state index is 14.9. The molecule has 2 aromatic carbocycles. The first kappa shape index (κ1) is 27.7. The first-order valence-corrected chi connectivity index (χ1v) is 12.5. The van der Waals surface area contributed by atoms with Gasteiger partial charge in [0, 0.05) is 36.0 Å². The molecule has 1 saturated heterocycles. The number of nitrogens with zero attached hydrogens (tertiary/aromatic N) is 2. The van der Waals surface area contributed by atoms with Gasteiger partial charge in [-0.05, 0) is 24.3 Å². The molecule has 0 radical (unpaired) electrons. The molecule has 1 fully saturated rings. The molecule has 1 aliphatic rings. The van der Waals surface area contributed by atoms with Crippen molar-refractivity contribution in [2.45, 2.75) is 12.7 Å². The molecule has 0 aromatic heterocycles. The van der Waals surface area contributed by atoms with Crippen LogP contribution in [0.1, 0.15) is 15.9 Å². The van der Waals surface area contributed by atoms with E-state index in [0.29, 0.717) is 11.4 Å². The number of rotatable bonds is 5. The smallest absolute Gasteiger partial charge is 0.472 e. The van der Waals surface area contributed by atoms with Crippen LogP contribution < -0.4 is 20.5 Å². The van der Waals surface area contributed by atoms with Crippen molar-refractivity contribution in [1.82, 2.24) is 15.8 Å². The Hall–Kier alpha value is -3.88. The van der Waals surface area contributed by atoms with E-state index >= 15 is 0 Å². The van der Waals surface area contributed by atoms with Gasteiger partial charge >= 0.3 is 18.1 Å². The van der Waals surface area contributed by atoms with E-state index in [1.165, 1.54) is 33.8 Å². The van der Waals surface area contributed by atoms with Gasteiger partial charge in [0.1, 0.15) is 11.6 Å². The highest BCUT2D eigenvalue weighted by atomic mass is 32.2. The largest absolute Gasteiger partial charge is 0.497 e. The van der Waals surface area contributed by atoms with Crippen molar-refractivity contribution >= 4 is 33.4 Å². The molecule has 1 aliphatic heterocycles. The predicted octanol–water partition coefficient (Wildman–Crippen LogP) is 2.01. The third-order valence-corrected chi connectivity index (χ3v) is 7.01. The molecule has 2 N–H and O–H groups in total. The second kappa shape index (κ2) is 11.0. The first-order chi connectivity index (χ1) is 17.3. The van der Waals surface area contributed by atoms with Crippen molar-refractivity contribution in [2.75, 3.05) is 36.6 Å². The summed E-state index contributed by atoms with van der Waals surface area (Å²) in [6, 6.07) is 8.77. The Labute approximate surface area is 209 Å². The molecule has 37 heavy (non-hydrogen) atoms. The summed E-state index contributed by atoms with van der Waals surface area (Å²) in [6.45, 7) is -0.423. The number of halogens is 4. The van der Waals surface area contributed by atoms with Crippen LogP contribution in [0.3, 0.4) is 0 Å². The highest BCUT2D eigenvalue weighted by Crippen LogP contribution is 2.26. The second-order valence-electron chi connectivity index (χ2n) is 7.92. The molecule has 0 atom stereocenters. The number of anilines is 1. The van der Waals surface area contributed by atoms with Crippen LogP contribution >= 0.6 is 0 Å². The minimum Gasteiger partial charge on any atom is -0.497 e. The van der Waals surface area contributed by atoms with Crippen molar-refractivity contribution in [3.63, 3.8) is 0 Å². The van der Waals surface area contributed by atoms with Gasteiger partial charge in [0.15, 0.2) is 9.84 Å². The number of hydrazine groups is 1. The summed E-state index contributed by atoms with van der Waals surface area (Å²) >= 11 is 0. The van der Waals surface area contributed by atoms with Gasteiger partial charge in [0.05, 0.1) is 25.2 Å². The van der Waals surface area contributed by atoms with Crippen LogP contribution in [0.25, 0.3) is 0 Å². The highest BCUT2D eigenvalue weighted by Gasteiger charge is 2.39. The highest BCUT2D eigenvalue weighted by molar-refractivity contribution is 7.91. The number of nitrogens with one attached hydrogen (secondary N) is 2. The maximum atomic E-state index is 14.9. The summed E-state index contributed by atoms with van der Waals surface area (Å²) in [5.74, 6) is -4.57. The summed E-state index contributed by atoms with van der Waals surface area (Å²) in [5, 5.41) is 0. The lowest BCUT2D eigenvalue weighted by Gasteiger charge is -2.33. The van der Waals surface area contributed by atoms with Crippen LogP contribution in [0, 0.1) is 5.82 Å². The Balaban J connectivity index is 1.83. The lowest BCUT2D eigenvalue weighted by atomic mass is 10.1. The molecule has 1 heterocycles. The normalized spacial score (nSPS) is 15.0. The van der Waals surface area contributed by atoms with Crippen molar-refractivity contribution in [2.24, 2.45) is 0 Å². The van der Waals surface area contributed by atoms with Crippen LogP contribution in [0.15, 0.2) is 42.5 Å². The standard InChI is InChI=1S/C22H22F4N4O6S/c1-36-17-4-2-3-16(12-17)30(21(33)29-7-9-37(34,35)10-8-29)13-15-6-5-14(11-18(15)23)19(31)27-28-20(32)22(24,25)26/h2-6,11-12H,7-10,13H2,1H3,(H,27,31)(H,28,32). The number of hydrogen-bond donors (Lipinski definition) is 2. The number of methoxy groups -OCH3 is 1. The van der Waals surface area contributed by atoms with Gasteiger partial charge < -0.3 is 9.64 Å². The monoisotopic (exact) mass is 546 g/mol. The van der Waals surface area contributed by atoms with E-state index in [9.17, 15) is 40.4 Å². The van der Waals surface area contributed by atoms with Crippen molar-refractivity contribution < 1.29 is 45.1 Å². The molecule has 4 amide bonds. The van der Waals surface area contributed by atoms with Gasteiger partial charge in [-0.25, -0.2) is 17.6 Å². The van der Waals surface area contributed by atoms with Gasteiger partial charge in [-0.15, -0.1) is 0 Å². The third-order valence-electron chi connectivity index (χ3n) is 5.40. The van der Waals surface area contributed by atoms with E-state index in [1.54, 1.807) is 18.2 Å². The van der Waals surface area contributed by atoms with Crippen molar-refractivity contribution in [3.8, 4) is 5.75 Å². The molecule has 10 nitrogen and oxygen atoms in total. The molecule has 0 spiro atoms. The van der Waals surface area contributed by atoms with E-state index in [2.05, 4.69) is 0 Å². The van der Waals surface area contributed by atoms with Gasteiger partial charge in [0.2, 0.25) is 0 Å². The number of carbonyl (C=O) groups excluding carboxylic acids is 3. The van der Waals surface area contributed by atoms with Crippen LogP contribution in [0.2, 0.25) is 0 Å². The van der Waals surface area contributed by atoms with E-state index in [4.69, 9.17) is 4.74 Å². The number of benzene rings is 2. The van der Waals surface area contributed by atoms with E-state index in [-0.39, 0.29) is 42.3 Å². The Morgan fingerprint density at radius 2 is 1.73 bits per heavy atom. The number of ether oxygens (including phenoxy) is 1. The molecular formula is C22H22F4N4O6S. The predicted molar refractivity (Wildman–Crippen MR) is 123 cm³/mol. The fourth-order valence-corrected chi connectivity index (χ4v) is 4.57. The Bertz CT molecular complexity index is 1290. The molecular weight excluding hydrogens is 524 g/mol. The molecule has 0 unspecified atom stereocenters. The van der Waals surface area contributed by atoms with Crippen molar-refractivity contribution in [3.05, 3.63) is 59.4 Å². The second-order valence-corrected chi connectivity index (χ2v) is 10.2. The lowest BCUT2D eigenvalue weighted by molar-refractivity contribution is -0.174. The molecule has 0 saturated carbocycles. The Kier molecular flexibility index (Phi) is 8.25. The molecule has 200 valence electrons. The Morgan fingerprint density at radius 3 is 2.32 bits per heavy atom. The zero-order chi connectivity index (χ0) is 27.4. The zero-order valence-electron chi connectivity index (χ0n) is 19.3. The van der Waals surface area contributed by atoms with Crippen molar-refractivity contribution in [1.29, 1.82) is 0 Å². The topological polar surface area (TPSA) is 125 Å². The van der Waals surface area contributed by atoms with Gasteiger partial charge in [-0.2, -0.15) is 13.2 Å². The fraction of sp³-hybridized carbons (Fsp3) is 0.318.